The Morgan fingerprint density at radius 1 is 1.26 bits per heavy atom. The van der Waals surface area contributed by atoms with Crippen molar-refractivity contribution < 1.29 is 0 Å². The van der Waals surface area contributed by atoms with E-state index in [0.717, 1.165) is 41.1 Å². The van der Waals surface area contributed by atoms with Gasteiger partial charge in [-0.05, 0) is 43.9 Å². The third-order valence-electron chi connectivity index (χ3n) is 4.43. The molecule has 0 spiro atoms. The topological polar surface area (TPSA) is 46.8 Å². The van der Waals surface area contributed by atoms with E-state index in [0.29, 0.717) is 0 Å². The summed E-state index contributed by atoms with van der Waals surface area (Å²) in [7, 11) is 2.18. The van der Waals surface area contributed by atoms with Crippen LogP contribution in [0.4, 0.5) is 0 Å². The van der Waals surface area contributed by atoms with Crippen LogP contribution in [0.15, 0.2) is 30.2 Å². The zero-order valence-electron chi connectivity index (χ0n) is 13.6. The molecule has 0 atom stereocenters. The van der Waals surface area contributed by atoms with Gasteiger partial charge in [-0.15, -0.1) is 0 Å². The second kappa shape index (κ2) is 5.65. The van der Waals surface area contributed by atoms with Crippen molar-refractivity contribution in [3.8, 4) is 5.82 Å². The van der Waals surface area contributed by atoms with Crippen molar-refractivity contribution in [2.45, 2.75) is 26.2 Å². The quantitative estimate of drug-likeness (QED) is 0.850. The van der Waals surface area contributed by atoms with Crippen molar-refractivity contribution in [3.05, 3.63) is 46.6 Å². The largest absolute Gasteiger partial charge is 0.377 e. The third kappa shape index (κ3) is 3.04. The Bertz CT molecular complexity index is 873. The molecule has 0 aliphatic heterocycles. The molecular weight excluding hydrogens is 286 g/mol. The van der Waals surface area contributed by atoms with Crippen LogP contribution < -0.4 is 10.7 Å². The lowest BCUT2D eigenvalue weighted by Gasteiger charge is -2.21. The molecule has 0 bridgehead atoms. The van der Waals surface area contributed by atoms with E-state index in [2.05, 4.69) is 40.3 Å². The Balaban J connectivity index is 1.63. The van der Waals surface area contributed by atoms with Gasteiger partial charge in [-0.25, -0.2) is 9.67 Å². The molecule has 118 valence electrons. The fourth-order valence-corrected chi connectivity index (χ4v) is 2.87. The minimum atomic E-state index is 0.760. The van der Waals surface area contributed by atoms with E-state index in [1.165, 1.54) is 18.5 Å². The first kappa shape index (κ1) is 14.2. The molecule has 0 unspecified atom stereocenters. The second-order valence-corrected chi connectivity index (χ2v) is 6.46. The molecule has 4 rings (SSSR count). The van der Waals surface area contributed by atoms with E-state index in [1.807, 2.05) is 19.2 Å². The summed E-state index contributed by atoms with van der Waals surface area (Å²) in [5.74, 6) is 1.65. The molecule has 0 saturated heterocycles. The van der Waals surface area contributed by atoms with Gasteiger partial charge in [-0.3, -0.25) is 4.98 Å². The first-order valence-corrected chi connectivity index (χ1v) is 8.17. The van der Waals surface area contributed by atoms with Crippen molar-refractivity contribution in [2.24, 2.45) is 5.92 Å². The molecule has 2 aromatic rings. The van der Waals surface area contributed by atoms with Crippen LogP contribution in [-0.2, 0) is 0 Å². The SMILES string of the molecule is Cc1ccn(-c2cnc3c(n2)=CCC(N(C)CC2CC2)=CC=3)n1. The minimum Gasteiger partial charge on any atom is -0.377 e. The first-order chi connectivity index (χ1) is 11.2. The zero-order chi connectivity index (χ0) is 15.8. The van der Waals surface area contributed by atoms with Gasteiger partial charge in [0.15, 0.2) is 5.82 Å². The summed E-state index contributed by atoms with van der Waals surface area (Å²) >= 11 is 0. The van der Waals surface area contributed by atoms with Crippen molar-refractivity contribution in [1.82, 2.24) is 24.6 Å². The molecule has 2 aromatic heterocycles. The molecule has 2 aliphatic carbocycles. The lowest BCUT2D eigenvalue weighted by molar-refractivity contribution is 0.393. The predicted octanol–water partition coefficient (Wildman–Crippen LogP) is 1.16. The first-order valence-electron chi connectivity index (χ1n) is 8.17. The van der Waals surface area contributed by atoms with Crippen molar-refractivity contribution >= 4 is 12.2 Å². The highest BCUT2D eigenvalue weighted by atomic mass is 15.3. The lowest BCUT2D eigenvalue weighted by atomic mass is 10.2. The van der Waals surface area contributed by atoms with Crippen LogP contribution >= 0.6 is 0 Å². The summed E-state index contributed by atoms with van der Waals surface area (Å²) in [6.07, 6.45) is 13.8. The van der Waals surface area contributed by atoms with Gasteiger partial charge in [0.2, 0.25) is 0 Å². The van der Waals surface area contributed by atoms with Crippen molar-refractivity contribution in [2.75, 3.05) is 13.6 Å². The lowest BCUT2D eigenvalue weighted by Crippen LogP contribution is -2.32. The molecule has 2 aliphatic rings. The maximum absolute atomic E-state index is 4.72. The molecule has 1 saturated carbocycles. The number of allylic oxidation sites excluding steroid dienone is 2. The number of fused-ring (bicyclic) bond motifs is 1. The van der Waals surface area contributed by atoms with Crippen LogP contribution in [0.2, 0.25) is 0 Å². The number of nitrogens with zero attached hydrogens (tertiary/aromatic N) is 5. The molecule has 5 heteroatoms. The summed E-state index contributed by atoms with van der Waals surface area (Å²) in [6, 6.07) is 1.97. The van der Waals surface area contributed by atoms with Gasteiger partial charge in [0.05, 0.1) is 22.6 Å². The molecule has 1 fully saturated rings. The summed E-state index contributed by atoms with van der Waals surface area (Å²) < 4.78 is 1.77. The maximum atomic E-state index is 4.72. The molecule has 2 heterocycles. The Kier molecular flexibility index (Phi) is 3.48. The molecule has 5 nitrogen and oxygen atoms in total. The zero-order valence-corrected chi connectivity index (χ0v) is 13.6. The molecule has 23 heavy (non-hydrogen) atoms. The van der Waals surface area contributed by atoms with Crippen LogP contribution in [-0.4, -0.2) is 38.2 Å². The Labute approximate surface area is 135 Å². The minimum absolute atomic E-state index is 0.760. The van der Waals surface area contributed by atoms with Gasteiger partial charge in [0.1, 0.15) is 0 Å². The van der Waals surface area contributed by atoms with Gasteiger partial charge in [-0.1, -0.05) is 6.08 Å². The molecule has 0 radical (unpaired) electrons. The van der Waals surface area contributed by atoms with Gasteiger partial charge < -0.3 is 4.90 Å². The van der Waals surface area contributed by atoms with E-state index in [1.54, 1.807) is 10.9 Å². The number of hydrogen-bond donors (Lipinski definition) is 0. The molecular formula is C18H21N5. The number of hydrogen-bond acceptors (Lipinski definition) is 4. The van der Waals surface area contributed by atoms with E-state index in [9.17, 15) is 0 Å². The predicted molar refractivity (Wildman–Crippen MR) is 90.1 cm³/mol. The van der Waals surface area contributed by atoms with Gasteiger partial charge in [-0.2, -0.15) is 5.10 Å². The van der Waals surface area contributed by atoms with Crippen LogP contribution in [0.5, 0.6) is 0 Å². The summed E-state index contributed by atoms with van der Waals surface area (Å²) in [4.78, 5) is 11.7. The van der Waals surface area contributed by atoms with Gasteiger partial charge >= 0.3 is 0 Å². The third-order valence-corrected chi connectivity index (χ3v) is 4.43. The van der Waals surface area contributed by atoms with E-state index in [4.69, 9.17) is 4.98 Å². The Hall–Kier alpha value is -2.43. The van der Waals surface area contributed by atoms with Gasteiger partial charge in [0.25, 0.3) is 0 Å². The highest BCUT2D eigenvalue weighted by molar-refractivity contribution is 5.44. The fraction of sp³-hybridized carbons (Fsp3) is 0.389. The van der Waals surface area contributed by atoms with E-state index in [-0.39, 0.29) is 0 Å². The van der Waals surface area contributed by atoms with Gasteiger partial charge in [0, 0.05) is 31.9 Å². The molecule has 0 aromatic carbocycles. The average Bonchev–Trinajstić information content (AvgIpc) is 3.29. The van der Waals surface area contributed by atoms with E-state index < -0.39 is 0 Å². The number of aromatic nitrogens is 4. The Morgan fingerprint density at radius 2 is 2.13 bits per heavy atom. The highest BCUT2D eigenvalue weighted by Gasteiger charge is 2.23. The summed E-state index contributed by atoms with van der Waals surface area (Å²) in [5.41, 5.74) is 2.30. The number of aryl methyl sites for hydroxylation is 1. The smallest absolute Gasteiger partial charge is 0.172 e. The van der Waals surface area contributed by atoms with Crippen molar-refractivity contribution in [1.29, 1.82) is 0 Å². The van der Waals surface area contributed by atoms with Crippen LogP contribution in [0.25, 0.3) is 18.0 Å². The number of rotatable bonds is 4. The second-order valence-electron chi connectivity index (χ2n) is 6.46. The monoisotopic (exact) mass is 307 g/mol. The fourth-order valence-electron chi connectivity index (χ4n) is 2.87. The average molecular weight is 307 g/mol. The van der Waals surface area contributed by atoms with E-state index >= 15 is 0 Å². The summed E-state index contributed by atoms with van der Waals surface area (Å²) in [6.45, 7) is 3.13. The maximum Gasteiger partial charge on any atom is 0.172 e. The van der Waals surface area contributed by atoms with Crippen molar-refractivity contribution in [3.63, 3.8) is 0 Å². The summed E-state index contributed by atoms with van der Waals surface area (Å²) in [5, 5.41) is 6.26. The molecule has 0 amide bonds. The standard InChI is InChI=1S/C18H21N5/c1-13-9-10-23(21-13)18-11-19-16-7-5-15(6-8-17(16)20-18)22(2)12-14-3-4-14/h5,7-11,14H,3-4,6,12H2,1-2H3. The molecule has 0 N–H and O–H groups in total. The Morgan fingerprint density at radius 3 is 2.87 bits per heavy atom. The van der Waals surface area contributed by atoms with Crippen LogP contribution in [0.1, 0.15) is 25.0 Å². The highest BCUT2D eigenvalue weighted by Crippen LogP contribution is 2.30. The normalized spacial score (nSPS) is 16.7. The van der Waals surface area contributed by atoms with Crippen LogP contribution in [0, 0.1) is 12.8 Å². The van der Waals surface area contributed by atoms with Crippen LogP contribution in [0.3, 0.4) is 0 Å².